The van der Waals surface area contributed by atoms with Gasteiger partial charge in [-0.05, 0) is 74.3 Å². The third kappa shape index (κ3) is 7.98. The molecule has 29 heavy (non-hydrogen) atoms. The van der Waals surface area contributed by atoms with E-state index in [0.29, 0.717) is 11.8 Å². The predicted octanol–water partition coefficient (Wildman–Crippen LogP) is 5.06. The molecular formula is C25H42N2O2. The molecular weight excluding hydrogens is 360 g/mol. The van der Waals surface area contributed by atoms with Crippen molar-refractivity contribution in [3.05, 3.63) is 25.3 Å². The number of carbonyl (C=O) groups is 2. The molecule has 0 N–H and O–H groups in total. The topological polar surface area (TPSA) is 40.6 Å². The predicted molar refractivity (Wildman–Crippen MR) is 120 cm³/mol. The third-order valence-electron chi connectivity index (χ3n) is 6.98. The third-order valence-corrected chi connectivity index (χ3v) is 6.98. The van der Waals surface area contributed by atoms with Crippen molar-refractivity contribution in [1.29, 1.82) is 0 Å². The van der Waals surface area contributed by atoms with E-state index in [2.05, 4.69) is 27.0 Å². The molecule has 2 rings (SSSR count). The summed E-state index contributed by atoms with van der Waals surface area (Å²) in [5.74, 6) is 3.04. The number of piperidine rings is 1. The van der Waals surface area contributed by atoms with Crippen molar-refractivity contribution in [2.24, 2.45) is 23.7 Å². The summed E-state index contributed by atoms with van der Waals surface area (Å²) in [6, 6.07) is 0. The Morgan fingerprint density at radius 1 is 0.828 bits per heavy atom. The molecule has 0 aliphatic carbocycles. The van der Waals surface area contributed by atoms with Gasteiger partial charge in [0.05, 0.1) is 0 Å². The smallest absolute Gasteiger partial charge is 0.245 e. The van der Waals surface area contributed by atoms with Gasteiger partial charge in [0.25, 0.3) is 0 Å². The van der Waals surface area contributed by atoms with Crippen molar-refractivity contribution in [2.75, 3.05) is 26.2 Å². The van der Waals surface area contributed by atoms with E-state index in [1.54, 1.807) is 0 Å². The highest BCUT2D eigenvalue weighted by atomic mass is 16.2. The molecule has 3 unspecified atom stereocenters. The molecule has 3 atom stereocenters. The first-order valence-corrected chi connectivity index (χ1v) is 11.8. The summed E-state index contributed by atoms with van der Waals surface area (Å²) in [4.78, 5) is 27.7. The van der Waals surface area contributed by atoms with E-state index >= 15 is 0 Å². The molecule has 0 aromatic heterocycles. The highest BCUT2D eigenvalue weighted by Gasteiger charge is 2.24. The van der Waals surface area contributed by atoms with Crippen LogP contribution in [0.25, 0.3) is 0 Å². The van der Waals surface area contributed by atoms with E-state index in [1.807, 2.05) is 9.80 Å². The number of nitrogens with zero attached hydrogens (tertiary/aromatic N) is 2. The molecule has 0 radical (unpaired) electrons. The average Bonchev–Trinajstić information content (AvgIpc) is 2.97. The molecule has 0 aromatic rings. The normalized spacial score (nSPS) is 23.2. The van der Waals surface area contributed by atoms with E-state index in [4.69, 9.17) is 0 Å². The van der Waals surface area contributed by atoms with Gasteiger partial charge in [-0.3, -0.25) is 9.59 Å². The Morgan fingerprint density at radius 2 is 1.38 bits per heavy atom. The molecule has 2 saturated heterocycles. The number of likely N-dealkylation sites (tertiary alicyclic amines) is 2. The largest absolute Gasteiger partial charge is 0.339 e. The molecule has 4 nitrogen and oxygen atoms in total. The highest BCUT2D eigenvalue weighted by molar-refractivity contribution is 5.87. The first kappa shape index (κ1) is 23.7. The number of hydrogen-bond acceptors (Lipinski definition) is 2. The lowest BCUT2D eigenvalue weighted by molar-refractivity contribution is -0.127. The molecule has 2 heterocycles. The highest BCUT2D eigenvalue weighted by Crippen LogP contribution is 2.30. The van der Waals surface area contributed by atoms with Gasteiger partial charge >= 0.3 is 0 Å². The number of rotatable bonds is 9. The fourth-order valence-corrected chi connectivity index (χ4v) is 5.21. The van der Waals surface area contributed by atoms with E-state index in [1.165, 1.54) is 50.7 Å². The van der Waals surface area contributed by atoms with Crippen LogP contribution in [0.5, 0.6) is 0 Å². The van der Waals surface area contributed by atoms with E-state index in [-0.39, 0.29) is 11.8 Å². The van der Waals surface area contributed by atoms with Gasteiger partial charge < -0.3 is 9.80 Å². The summed E-state index contributed by atoms with van der Waals surface area (Å²) < 4.78 is 0. The fourth-order valence-electron chi connectivity index (χ4n) is 5.21. The Labute approximate surface area is 178 Å². The quantitative estimate of drug-likeness (QED) is 0.506. The Kier molecular flexibility index (Phi) is 9.96. The van der Waals surface area contributed by atoms with Crippen LogP contribution in [0.2, 0.25) is 0 Å². The average molecular weight is 403 g/mol. The molecule has 2 fully saturated rings. The summed E-state index contributed by atoms with van der Waals surface area (Å²) in [6.07, 6.45) is 13.9. The Morgan fingerprint density at radius 3 is 1.97 bits per heavy atom. The second kappa shape index (κ2) is 12.2. The Balaban J connectivity index is 1.67. The van der Waals surface area contributed by atoms with Gasteiger partial charge in [-0.1, -0.05) is 46.3 Å². The summed E-state index contributed by atoms with van der Waals surface area (Å²) in [5.41, 5.74) is 0. The molecule has 2 aliphatic rings. The van der Waals surface area contributed by atoms with E-state index < -0.39 is 0 Å². The molecule has 0 bridgehead atoms. The number of amides is 2. The van der Waals surface area contributed by atoms with Crippen LogP contribution in [0, 0.1) is 23.7 Å². The molecule has 0 spiro atoms. The maximum absolute atomic E-state index is 12.0. The first-order chi connectivity index (χ1) is 13.9. The minimum absolute atomic E-state index is 0.0807. The zero-order valence-electron chi connectivity index (χ0n) is 18.8. The van der Waals surface area contributed by atoms with Crippen LogP contribution < -0.4 is 0 Å². The number of carbonyl (C=O) groups excluding carboxylic acids is 2. The van der Waals surface area contributed by atoms with Gasteiger partial charge in [0.2, 0.25) is 11.8 Å². The SMILES string of the molecule is C=CC(=O)N1CCC(CC(C)CCC(C)CC2CCCCN(C(=O)C=C)C2)CC1. The molecule has 0 aromatic carbocycles. The van der Waals surface area contributed by atoms with Gasteiger partial charge in [-0.25, -0.2) is 0 Å². The lowest BCUT2D eigenvalue weighted by Crippen LogP contribution is -2.37. The maximum Gasteiger partial charge on any atom is 0.245 e. The minimum Gasteiger partial charge on any atom is -0.339 e. The van der Waals surface area contributed by atoms with Crippen LogP contribution in [0.4, 0.5) is 0 Å². The van der Waals surface area contributed by atoms with Crippen molar-refractivity contribution in [3.8, 4) is 0 Å². The van der Waals surface area contributed by atoms with Crippen LogP contribution in [-0.2, 0) is 9.59 Å². The van der Waals surface area contributed by atoms with Gasteiger partial charge in [-0.2, -0.15) is 0 Å². The van der Waals surface area contributed by atoms with Crippen LogP contribution in [-0.4, -0.2) is 47.8 Å². The lowest BCUT2D eigenvalue weighted by Gasteiger charge is -2.32. The molecule has 0 saturated carbocycles. The molecule has 4 heteroatoms. The molecule has 164 valence electrons. The van der Waals surface area contributed by atoms with Crippen molar-refractivity contribution < 1.29 is 9.59 Å². The molecule has 2 amide bonds. The van der Waals surface area contributed by atoms with Gasteiger partial charge in [-0.15, -0.1) is 0 Å². The fraction of sp³-hybridized carbons (Fsp3) is 0.760. The summed E-state index contributed by atoms with van der Waals surface area (Å²) >= 11 is 0. The van der Waals surface area contributed by atoms with Crippen LogP contribution in [0.3, 0.4) is 0 Å². The number of hydrogen-bond donors (Lipinski definition) is 0. The van der Waals surface area contributed by atoms with Crippen LogP contribution in [0.15, 0.2) is 25.3 Å². The second-order valence-corrected chi connectivity index (χ2v) is 9.58. The molecule has 2 aliphatic heterocycles. The van der Waals surface area contributed by atoms with Crippen LogP contribution in [0.1, 0.15) is 71.6 Å². The van der Waals surface area contributed by atoms with Crippen molar-refractivity contribution in [2.45, 2.75) is 71.6 Å². The van der Waals surface area contributed by atoms with E-state index in [9.17, 15) is 9.59 Å². The van der Waals surface area contributed by atoms with Gasteiger partial charge in [0.15, 0.2) is 0 Å². The lowest BCUT2D eigenvalue weighted by atomic mass is 9.83. The Bertz CT molecular complexity index is 551. The first-order valence-electron chi connectivity index (χ1n) is 11.8. The van der Waals surface area contributed by atoms with Crippen LogP contribution >= 0.6 is 0 Å². The van der Waals surface area contributed by atoms with Gasteiger partial charge in [0, 0.05) is 26.2 Å². The summed E-state index contributed by atoms with van der Waals surface area (Å²) in [6.45, 7) is 15.6. The van der Waals surface area contributed by atoms with Crippen molar-refractivity contribution in [3.63, 3.8) is 0 Å². The summed E-state index contributed by atoms with van der Waals surface area (Å²) in [7, 11) is 0. The maximum atomic E-state index is 12.0. The zero-order valence-corrected chi connectivity index (χ0v) is 18.8. The van der Waals surface area contributed by atoms with Gasteiger partial charge in [0.1, 0.15) is 0 Å². The minimum atomic E-state index is 0.0807. The van der Waals surface area contributed by atoms with E-state index in [0.717, 1.165) is 57.3 Å². The Hall–Kier alpha value is -1.58. The second-order valence-electron chi connectivity index (χ2n) is 9.58. The standard InChI is InChI=1S/C25H42N2O2/c1-5-24(28)26-15-12-22(13-16-26)17-20(3)10-11-21(4)18-23-9-7-8-14-27(19-23)25(29)6-2/h5-6,20-23H,1-2,7-19H2,3-4H3. The summed E-state index contributed by atoms with van der Waals surface area (Å²) in [5, 5.41) is 0. The van der Waals surface area contributed by atoms with Crippen molar-refractivity contribution in [1.82, 2.24) is 9.80 Å². The zero-order chi connectivity index (χ0) is 21.2. The monoisotopic (exact) mass is 402 g/mol. The van der Waals surface area contributed by atoms with Crippen molar-refractivity contribution >= 4 is 11.8 Å².